The first kappa shape index (κ1) is 22.9. The van der Waals surface area contributed by atoms with Gasteiger partial charge in [-0.25, -0.2) is 9.78 Å². The number of rotatable bonds is 7. The molecule has 1 N–H and O–H groups in total. The maximum absolute atomic E-state index is 11.8. The van der Waals surface area contributed by atoms with Crippen LogP contribution in [-0.4, -0.2) is 58.8 Å². The van der Waals surface area contributed by atoms with E-state index < -0.39 is 5.97 Å². The Balaban J connectivity index is 1.66. The van der Waals surface area contributed by atoms with Crippen molar-refractivity contribution >= 4 is 22.7 Å². The first-order valence-corrected chi connectivity index (χ1v) is 12.9. The van der Waals surface area contributed by atoms with E-state index in [9.17, 15) is 9.90 Å². The molecule has 0 radical (unpaired) electrons. The Bertz CT molecular complexity index is 1180. The highest BCUT2D eigenvalue weighted by Crippen LogP contribution is 2.46. The van der Waals surface area contributed by atoms with Crippen LogP contribution in [-0.2, 0) is 6.54 Å². The van der Waals surface area contributed by atoms with Crippen LogP contribution in [0.15, 0.2) is 36.5 Å². The van der Waals surface area contributed by atoms with Gasteiger partial charge in [-0.2, -0.15) is 0 Å². The number of nitrogens with zero attached hydrogens (tertiary/aromatic N) is 4. The van der Waals surface area contributed by atoms with Crippen LogP contribution in [0, 0.1) is 0 Å². The van der Waals surface area contributed by atoms with E-state index in [1.54, 1.807) is 6.07 Å². The summed E-state index contributed by atoms with van der Waals surface area (Å²) in [5, 5.41) is 10.9. The number of likely N-dealkylation sites (N-methyl/N-ethyl adjacent to an activating group) is 1. The van der Waals surface area contributed by atoms with Crippen LogP contribution >= 0.6 is 0 Å². The maximum Gasteiger partial charge on any atom is 0.335 e. The van der Waals surface area contributed by atoms with Gasteiger partial charge in [-0.15, -0.1) is 0 Å². The second-order valence-corrected chi connectivity index (χ2v) is 9.95. The number of fused-ring (bicyclic) bond motifs is 5. The zero-order valence-corrected chi connectivity index (χ0v) is 20.5. The lowest BCUT2D eigenvalue weighted by molar-refractivity contribution is 0.0697. The molecular weight excluding hydrogens is 424 g/mol. The molecule has 34 heavy (non-hydrogen) atoms. The number of benzene rings is 1. The van der Waals surface area contributed by atoms with Crippen LogP contribution in [0.4, 0.5) is 5.82 Å². The lowest BCUT2D eigenvalue weighted by Crippen LogP contribution is -2.35. The quantitative estimate of drug-likeness (QED) is 0.496. The number of anilines is 1. The summed E-state index contributed by atoms with van der Waals surface area (Å²) >= 11 is 0. The van der Waals surface area contributed by atoms with Crippen LogP contribution < -0.4 is 4.90 Å². The second kappa shape index (κ2) is 9.79. The third-order valence-corrected chi connectivity index (χ3v) is 7.66. The summed E-state index contributed by atoms with van der Waals surface area (Å²) in [6, 6.07) is 9.97. The van der Waals surface area contributed by atoms with Crippen molar-refractivity contribution in [3.8, 4) is 11.3 Å². The van der Waals surface area contributed by atoms with E-state index in [2.05, 4.69) is 40.5 Å². The molecule has 0 unspecified atom stereocenters. The molecule has 0 saturated heterocycles. The van der Waals surface area contributed by atoms with Crippen molar-refractivity contribution in [2.24, 2.45) is 0 Å². The van der Waals surface area contributed by atoms with Gasteiger partial charge in [-0.1, -0.05) is 32.3 Å². The number of carboxylic acids is 1. The number of aromatic carboxylic acids is 1. The first-order valence-electron chi connectivity index (χ1n) is 12.9. The van der Waals surface area contributed by atoms with Gasteiger partial charge < -0.3 is 19.5 Å². The van der Waals surface area contributed by atoms with Gasteiger partial charge in [0.2, 0.25) is 0 Å². The van der Waals surface area contributed by atoms with Crippen LogP contribution in [0.2, 0.25) is 0 Å². The highest BCUT2D eigenvalue weighted by molar-refractivity contribution is 5.99. The Morgan fingerprint density at radius 2 is 1.97 bits per heavy atom. The zero-order valence-electron chi connectivity index (χ0n) is 20.5. The molecule has 1 aliphatic heterocycles. The van der Waals surface area contributed by atoms with E-state index in [1.165, 1.54) is 54.3 Å². The summed E-state index contributed by atoms with van der Waals surface area (Å²) in [6.07, 6.45) is 9.30. The largest absolute Gasteiger partial charge is 0.478 e. The van der Waals surface area contributed by atoms with E-state index >= 15 is 0 Å². The lowest BCUT2D eigenvalue weighted by Gasteiger charge is -2.27. The van der Waals surface area contributed by atoms with Crippen molar-refractivity contribution in [3.05, 3.63) is 47.7 Å². The molecule has 1 aromatic carbocycles. The molecular formula is C28H36N4O2. The van der Waals surface area contributed by atoms with Gasteiger partial charge in [0.15, 0.2) is 0 Å². The Kier molecular flexibility index (Phi) is 6.59. The molecule has 1 fully saturated rings. The molecule has 3 heterocycles. The number of pyridine rings is 1. The van der Waals surface area contributed by atoms with Gasteiger partial charge in [0.1, 0.15) is 5.82 Å². The maximum atomic E-state index is 11.8. The molecule has 1 saturated carbocycles. The zero-order chi connectivity index (χ0) is 23.7. The van der Waals surface area contributed by atoms with E-state index in [1.807, 2.05) is 18.3 Å². The number of aromatic nitrogens is 2. The summed E-state index contributed by atoms with van der Waals surface area (Å²) in [4.78, 5) is 21.5. The Hall–Kier alpha value is -2.86. The molecule has 3 aromatic rings. The fraction of sp³-hybridized carbons (Fsp3) is 0.500. The molecule has 6 heteroatoms. The minimum absolute atomic E-state index is 0.358. The van der Waals surface area contributed by atoms with Gasteiger partial charge in [-0.3, -0.25) is 0 Å². The number of hydrogen-bond acceptors (Lipinski definition) is 4. The van der Waals surface area contributed by atoms with Crippen LogP contribution in [0.5, 0.6) is 0 Å². The highest BCUT2D eigenvalue weighted by atomic mass is 16.4. The summed E-state index contributed by atoms with van der Waals surface area (Å²) in [7, 11) is 2.19. The second-order valence-electron chi connectivity index (χ2n) is 9.95. The summed E-state index contributed by atoms with van der Waals surface area (Å²) in [5.74, 6) is 0.705. The summed E-state index contributed by atoms with van der Waals surface area (Å²) < 4.78 is 2.39. The smallest absolute Gasteiger partial charge is 0.335 e. The predicted molar refractivity (Wildman–Crippen MR) is 138 cm³/mol. The average Bonchev–Trinajstić information content (AvgIpc) is 3.09. The van der Waals surface area contributed by atoms with E-state index in [0.717, 1.165) is 50.5 Å². The van der Waals surface area contributed by atoms with Crippen molar-refractivity contribution in [1.29, 1.82) is 0 Å². The number of carboxylic acid groups (broad SMARTS) is 1. The van der Waals surface area contributed by atoms with Crippen molar-refractivity contribution in [1.82, 2.24) is 14.5 Å². The number of carbonyl (C=O) groups is 1. The van der Waals surface area contributed by atoms with Gasteiger partial charge in [0.25, 0.3) is 0 Å². The topological polar surface area (TPSA) is 61.6 Å². The summed E-state index contributed by atoms with van der Waals surface area (Å²) in [6.45, 7) is 6.94. The molecule has 6 nitrogen and oxygen atoms in total. The van der Waals surface area contributed by atoms with Gasteiger partial charge in [-0.05, 0) is 68.6 Å². The van der Waals surface area contributed by atoms with Crippen molar-refractivity contribution in [3.63, 3.8) is 0 Å². The molecule has 1 aliphatic carbocycles. The molecule has 5 rings (SSSR count). The molecule has 2 aromatic heterocycles. The average molecular weight is 461 g/mol. The number of hydrogen-bond donors (Lipinski definition) is 1. The minimum Gasteiger partial charge on any atom is -0.478 e. The van der Waals surface area contributed by atoms with Crippen LogP contribution in [0.3, 0.4) is 0 Å². The van der Waals surface area contributed by atoms with Crippen LogP contribution in [0.25, 0.3) is 22.2 Å². The summed E-state index contributed by atoms with van der Waals surface area (Å²) in [5.41, 5.74) is 5.27. The SMILES string of the molecule is CCCN(C)CCN1CCn2c(c(C3CCCCC3)c3ccc(C(=O)O)cc32)-c2cccnc21. The van der Waals surface area contributed by atoms with E-state index in [-0.39, 0.29) is 0 Å². The Labute approximate surface area is 202 Å². The van der Waals surface area contributed by atoms with E-state index in [0.29, 0.717) is 11.5 Å². The fourth-order valence-corrected chi connectivity index (χ4v) is 6.00. The van der Waals surface area contributed by atoms with E-state index in [4.69, 9.17) is 4.98 Å². The first-order chi connectivity index (χ1) is 16.6. The molecule has 0 bridgehead atoms. The molecule has 2 aliphatic rings. The van der Waals surface area contributed by atoms with Crippen molar-refractivity contribution in [2.75, 3.05) is 38.1 Å². The molecule has 0 amide bonds. The standard InChI is InChI=1S/C28H36N4O2/c1-3-14-30(2)15-16-31-17-18-32-24-19-21(28(33)34)11-12-22(24)25(20-8-5-4-6-9-20)26(32)23-10-7-13-29-27(23)31/h7,10-13,19-20H,3-6,8-9,14-18H2,1-2H3,(H,33,34). The lowest BCUT2D eigenvalue weighted by atomic mass is 9.82. The van der Waals surface area contributed by atoms with Crippen LogP contribution in [0.1, 0.15) is 67.3 Å². The third kappa shape index (κ3) is 4.20. The van der Waals surface area contributed by atoms with Crippen molar-refractivity contribution < 1.29 is 9.90 Å². The molecule has 180 valence electrons. The Morgan fingerprint density at radius 3 is 2.74 bits per heavy atom. The predicted octanol–water partition coefficient (Wildman–Crippen LogP) is 5.61. The molecule has 0 spiro atoms. The van der Waals surface area contributed by atoms with Gasteiger partial charge in [0, 0.05) is 48.8 Å². The normalized spacial score (nSPS) is 16.5. The minimum atomic E-state index is -0.868. The van der Waals surface area contributed by atoms with Crippen molar-refractivity contribution in [2.45, 2.75) is 57.9 Å². The van der Waals surface area contributed by atoms with Gasteiger partial charge >= 0.3 is 5.97 Å². The molecule has 0 atom stereocenters. The third-order valence-electron chi connectivity index (χ3n) is 7.66. The van der Waals surface area contributed by atoms with Gasteiger partial charge in [0.05, 0.1) is 11.3 Å². The fourth-order valence-electron chi connectivity index (χ4n) is 6.00. The monoisotopic (exact) mass is 460 g/mol. The Morgan fingerprint density at radius 1 is 1.15 bits per heavy atom. The highest BCUT2D eigenvalue weighted by Gasteiger charge is 2.31.